The first kappa shape index (κ1) is 70.3. The molecule has 4 amide bonds. The van der Waals surface area contributed by atoms with Crippen molar-refractivity contribution >= 4 is 59.7 Å². The number of ether oxygens (including phenoxy) is 4. The van der Waals surface area contributed by atoms with Crippen LogP contribution in [0.4, 0.5) is 4.39 Å². The summed E-state index contributed by atoms with van der Waals surface area (Å²) in [7, 11) is 1.57. The number of aliphatic carboxylic acids is 2. The van der Waals surface area contributed by atoms with Crippen LogP contribution in [-0.2, 0) is 63.7 Å². The number of carboxylic acid groups (broad SMARTS) is 2. The van der Waals surface area contributed by atoms with E-state index in [0.717, 1.165) is 50.5 Å². The van der Waals surface area contributed by atoms with Crippen molar-refractivity contribution < 1.29 is 77.0 Å². The fraction of sp³-hybridized carbons (Fsp3) is 0.725. The lowest BCUT2D eigenvalue weighted by molar-refractivity contribution is -0.142. The fourth-order valence-electron chi connectivity index (χ4n) is 6.61. The summed E-state index contributed by atoms with van der Waals surface area (Å²) in [6.07, 6.45) is 18.1. The number of hydrogen-bond donors (Lipinski definition) is 8. The van der Waals surface area contributed by atoms with Crippen molar-refractivity contribution in [3.05, 3.63) is 29.8 Å². The minimum absolute atomic E-state index is 0.0348. The Kier molecular flexibility index (Phi) is 48.9. The topological polar surface area (TPSA) is 294 Å². The second-order valence-electron chi connectivity index (χ2n) is 16.7. The minimum Gasteiger partial charge on any atom is -0.508 e. The molecule has 22 heteroatoms. The van der Waals surface area contributed by atoms with E-state index >= 15 is 0 Å². The number of nitrogens with one attached hydrogen (secondary N) is 5. The molecule has 20 nitrogen and oxygen atoms in total. The van der Waals surface area contributed by atoms with E-state index in [4.69, 9.17) is 24.1 Å². The highest BCUT2D eigenvalue weighted by molar-refractivity contribution is 7.98. The highest BCUT2D eigenvalue weighted by Gasteiger charge is 2.21. The maximum atomic E-state index is 12.3. The summed E-state index contributed by atoms with van der Waals surface area (Å²) in [6.45, 7) is 5.07. The van der Waals surface area contributed by atoms with Crippen LogP contribution in [0.2, 0.25) is 0 Å². The molecule has 0 aromatic heterocycles. The summed E-state index contributed by atoms with van der Waals surface area (Å²) in [5, 5.41) is 40.5. The van der Waals surface area contributed by atoms with Crippen molar-refractivity contribution in [2.24, 2.45) is 0 Å². The number of carboxylic acids is 2. The average molecular weight is 1060 g/mol. The maximum absolute atomic E-state index is 12.3. The molecule has 8 N–H and O–H groups in total. The van der Waals surface area contributed by atoms with Crippen molar-refractivity contribution in [1.82, 2.24) is 26.6 Å². The summed E-state index contributed by atoms with van der Waals surface area (Å²) in [5.74, 6) is -2.80. The van der Waals surface area contributed by atoms with Gasteiger partial charge in [-0.1, -0.05) is 103 Å². The Morgan fingerprint density at radius 1 is 0.603 bits per heavy atom. The van der Waals surface area contributed by atoms with E-state index in [-0.39, 0.29) is 122 Å². The van der Waals surface area contributed by atoms with Crippen LogP contribution in [0.5, 0.6) is 5.75 Å². The molecule has 0 saturated carbocycles. The van der Waals surface area contributed by atoms with Gasteiger partial charge in [-0.05, 0) is 56.7 Å². The molecule has 3 atom stereocenters. The highest BCUT2D eigenvalue weighted by atomic mass is 32.2. The van der Waals surface area contributed by atoms with Gasteiger partial charge in [0.25, 0.3) is 0 Å². The van der Waals surface area contributed by atoms with Crippen LogP contribution in [0.3, 0.4) is 0 Å². The zero-order valence-corrected chi connectivity index (χ0v) is 44.7. The van der Waals surface area contributed by atoms with Crippen LogP contribution in [0.1, 0.15) is 135 Å². The lowest BCUT2D eigenvalue weighted by atomic mass is 10.0. The summed E-state index contributed by atoms with van der Waals surface area (Å²) in [5.41, 5.74) is 0.783. The maximum Gasteiger partial charge on any atom is 0.326 e. The molecule has 0 radical (unpaired) electrons. The molecule has 1 aromatic rings. The van der Waals surface area contributed by atoms with Crippen molar-refractivity contribution in [3.63, 3.8) is 0 Å². The molecule has 0 aliphatic carbocycles. The summed E-state index contributed by atoms with van der Waals surface area (Å²) < 4.78 is 33.1. The van der Waals surface area contributed by atoms with Gasteiger partial charge in [-0.2, -0.15) is 16.2 Å². The second-order valence-corrected chi connectivity index (χ2v) is 17.6. The Morgan fingerprint density at radius 3 is 1.51 bits per heavy atom. The van der Waals surface area contributed by atoms with Gasteiger partial charge in [0.1, 0.15) is 37.3 Å². The number of benzene rings is 1. The van der Waals surface area contributed by atoms with E-state index in [9.17, 15) is 53.0 Å². The van der Waals surface area contributed by atoms with Gasteiger partial charge in [-0.25, -0.2) is 4.79 Å². The Balaban J connectivity index is 0. The van der Waals surface area contributed by atoms with Crippen molar-refractivity contribution in [2.75, 3.05) is 85.0 Å². The number of unbranched alkanes of at least 4 members (excludes halogenated alkanes) is 13. The molecule has 2 unspecified atom stereocenters. The standard InChI is InChI=1S/C44H72N4O14.C5H10FNOS.C2H6/c49-32-36(31-35-17-19-37(50)20-18-35)47-42(54)34-62-30-28-60-26-24-46-41(53)33-61-29-27-59-25-23-45-39(51)22-21-38(44(57)58)48-40(52)15-13-11-9-7-5-3-1-2-4-6-8-10-12-14-16-43(55)56;1-7-4(3-9-2)5(6)8;1-2/h17-20,32,36,38,50H,1-16,21-31,33-34H2,(H,45,51)(H,46,53)(H,47,54)(H,48,52)(H,55,56)(H,57,58);4,7H,3H2,1-2H3;1-2H3/t36?,38-;;/m0../s1. The number of phenols is 1. The molecule has 1 aromatic carbocycles. The SMILES string of the molecule is CC.CNC(CSC)C(=O)F.O=CC(Cc1ccc(O)cc1)NC(=O)COCCOCCNC(=O)COCCOCCNC(=O)CC[C@H](NC(=O)CCCCCCCCCCCCCCCCC(=O)O)C(=O)O. The normalized spacial score (nSPS) is 11.8. The van der Waals surface area contributed by atoms with E-state index < -0.39 is 42.0 Å². The third-order valence-electron chi connectivity index (χ3n) is 10.5. The van der Waals surface area contributed by atoms with Crippen LogP contribution in [-0.4, -0.2) is 166 Å². The van der Waals surface area contributed by atoms with E-state index in [0.29, 0.717) is 18.5 Å². The van der Waals surface area contributed by atoms with Crippen molar-refractivity contribution in [3.8, 4) is 5.75 Å². The zero-order valence-electron chi connectivity index (χ0n) is 43.9. The average Bonchev–Trinajstić information content (AvgIpc) is 3.36. The van der Waals surface area contributed by atoms with Gasteiger partial charge in [0.05, 0.1) is 45.7 Å². The number of aromatic hydroxyl groups is 1. The van der Waals surface area contributed by atoms with Gasteiger partial charge in [0.15, 0.2) is 0 Å². The van der Waals surface area contributed by atoms with Crippen LogP contribution >= 0.6 is 11.8 Å². The first-order chi connectivity index (χ1) is 35.2. The third kappa shape index (κ3) is 46.8. The molecule has 0 aliphatic rings. The Hall–Kier alpha value is -4.74. The highest BCUT2D eigenvalue weighted by Crippen LogP contribution is 2.14. The first-order valence-electron chi connectivity index (χ1n) is 25.7. The summed E-state index contributed by atoms with van der Waals surface area (Å²) in [4.78, 5) is 92.0. The predicted molar refractivity (Wildman–Crippen MR) is 278 cm³/mol. The van der Waals surface area contributed by atoms with Crippen molar-refractivity contribution in [2.45, 2.75) is 154 Å². The van der Waals surface area contributed by atoms with Crippen LogP contribution in [0.25, 0.3) is 0 Å². The Morgan fingerprint density at radius 2 is 1.07 bits per heavy atom. The Labute approximate surface area is 436 Å². The number of likely N-dealkylation sites (N-methyl/N-ethyl adjacent to an activating group) is 1. The fourth-order valence-corrected chi connectivity index (χ4v) is 7.24. The zero-order chi connectivity index (χ0) is 54.7. The number of rotatable bonds is 46. The first-order valence-corrected chi connectivity index (χ1v) is 27.1. The molecule has 0 aliphatic heterocycles. The predicted octanol–water partition coefficient (Wildman–Crippen LogP) is 5.05. The molecule has 0 bridgehead atoms. The van der Waals surface area contributed by atoms with Crippen LogP contribution < -0.4 is 26.6 Å². The van der Waals surface area contributed by atoms with Gasteiger partial charge < -0.3 is 65.6 Å². The number of carbonyl (C=O) groups excluding carboxylic acids is 6. The van der Waals surface area contributed by atoms with E-state index in [1.165, 1.54) is 62.4 Å². The Bertz CT molecular complexity index is 1620. The molecular weight excluding hydrogens is 974 g/mol. The number of amides is 4. The lowest BCUT2D eigenvalue weighted by Crippen LogP contribution is -2.41. The summed E-state index contributed by atoms with van der Waals surface area (Å²) in [6, 6.07) is 2.55. The number of halogens is 1. The van der Waals surface area contributed by atoms with Gasteiger partial charge in [0, 0.05) is 38.1 Å². The lowest BCUT2D eigenvalue weighted by Gasteiger charge is -2.14. The molecule has 73 heavy (non-hydrogen) atoms. The minimum atomic E-state index is -1.29. The number of phenolic OH excluding ortho intramolecular Hbond substituents is 1. The molecule has 420 valence electrons. The molecule has 1 rings (SSSR count). The molecule has 0 fully saturated rings. The van der Waals surface area contributed by atoms with Gasteiger partial charge in [-0.15, -0.1) is 0 Å². The number of aldehydes is 1. The van der Waals surface area contributed by atoms with Gasteiger partial charge in [0.2, 0.25) is 23.6 Å². The number of hydrogen-bond acceptors (Lipinski definition) is 15. The van der Waals surface area contributed by atoms with Crippen LogP contribution in [0, 0.1) is 0 Å². The van der Waals surface area contributed by atoms with E-state index in [2.05, 4.69) is 26.6 Å². The molecular formula is C51H88FN5O15S. The third-order valence-corrected chi connectivity index (χ3v) is 11.2. The second kappa shape index (κ2) is 50.8. The molecule has 0 heterocycles. The number of thioether (sulfide) groups is 1. The van der Waals surface area contributed by atoms with Crippen LogP contribution in [0.15, 0.2) is 24.3 Å². The largest absolute Gasteiger partial charge is 0.508 e. The molecule has 0 saturated heterocycles. The van der Waals surface area contributed by atoms with E-state index in [1.54, 1.807) is 19.2 Å². The van der Waals surface area contributed by atoms with Crippen molar-refractivity contribution in [1.29, 1.82) is 0 Å². The van der Waals surface area contributed by atoms with E-state index in [1.807, 2.05) is 20.1 Å². The van der Waals surface area contributed by atoms with Gasteiger partial charge in [-0.3, -0.25) is 28.8 Å². The smallest absolute Gasteiger partial charge is 0.326 e. The van der Waals surface area contributed by atoms with Gasteiger partial charge >= 0.3 is 18.0 Å². The molecule has 0 spiro atoms. The monoisotopic (exact) mass is 1060 g/mol. The summed E-state index contributed by atoms with van der Waals surface area (Å²) >= 11 is 1.44. The quantitative estimate of drug-likeness (QED) is 0.0241. The number of carbonyl (C=O) groups is 8.